The van der Waals surface area contributed by atoms with Crippen LogP contribution in [0, 0.1) is 0 Å². The normalized spacial score (nSPS) is 10.7. The molecule has 0 saturated carbocycles. The fraction of sp³-hybridized carbons (Fsp3) is 0.438. The van der Waals surface area contributed by atoms with Crippen molar-refractivity contribution in [2.75, 3.05) is 20.3 Å². The minimum atomic E-state index is 0.153. The van der Waals surface area contributed by atoms with Crippen molar-refractivity contribution in [2.24, 2.45) is 0 Å². The van der Waals surface area contributed by atoms with E-state index < -0.39 is 0 Å². The molecule has 4 nitrogen and oxygen atoms in total. The molecule has 0 aliphatic rings. The van der Waals surface area contributed by atoms with E-state index in [-0.39, 0.29) is 5.91 Å². The summed E-state index contributed by atoms with van der Waals surface area (Å²) in [5.41, 5.74) is 0. The van der Waals surface area contributed by atoms with Gasteiger partial charge in [0, 0.05) is 25.0 Å². The SMILES string of the molecule is COCCN(Cc1ccco1)C(=O)CCCc1cccs1. The lowest BCUT2D eigenvalue weighted by Gasteiger charge is -2.21. The Morgan fingerprint density at radius 2 is 2.29 bits per heavy atom. The topological polar surface area (TPSA) is 42.7 Å². The van der Waals surface area contributed by atoms with Crippen molar-refractivity contribution in [3.05, 3.63) is 46.5 Å². The van der Waals surface area contributed by atoms with Crippen molar-refractivity contribution in [3.63, 3.8) is 0 Å². The molecule has 114 valence electrons. The summed E-state index contributed by atoms with van der Waals surface area (Å²) in [4.78, 5) is 15.5. The Bertz CT molecular complexity index is 508. The molecule has 0 unspecified atom stereocenters. The van der Waals surface area contributed by atoms with Gasteiger partial charge in [0.2, 0.25) is 5.91 Å². The summed E-state index contributed by atoms with van der Waals surface area (Å²) in [7, 11) is 1.65. The molecule has 2 heterocycles. The molecule has 0 N–H and O–H groups in total. The molecule has 0 bridgehead atoms. The highest BCUT2D eigenvalue weighted by atomic mass is 32.1. The number of amides is 1. The van der Waals surface area contributed by atoms with Gasteiger partial charge >= 0.3 is 0 Å². The molecule has 0 aliphatic carbocycles. The highest BCUT2D eigenvalue weighted by Crippen LogP contribution is 2.13. The van der Waals surface area contributed by atoms with Crippen molar-refractivity contribution >= 4 is 17.2 Å². The molecule has 0 aliphatic heterocycles. The molecule has 21 heavy (non-hydrogen) atoms. The lowest BCUT2D eigenvalue weighted by Crippen LogP contribution is -2.33. The van der Waals surface area contributed by atoms with E-state index in [9.17, 15) is 4.79 Å². The fourth-order valence-electron chi connectivity index (χ4n) is 2.11. The summed E-state index contributed by atoms with van der Waals surface area (Å²) < 4.78 is 10.4. The van der Waals surface area contributed by atoms with E-state index >= 15 is 0 Å². The first-order valence-electron chi connectivity index (χ1n) is 7.11. The van der Waals surface area contributed by atoms with Crippen molar-refractivity contribution < 1.29 is 13.9 Å². The largest absolute Gasteiger partial charge is 0.467 e. The van der Waals surface area contributed by atoms with Gasteiger partial charge in [-0.1, -0.05) is 6.07 Å². The highest BCUT2D eigenvalue weighted by molar-refractivity contribution is 7.09. The average molecular weight is 307 g/mol. The van der Waals surface area contributed by atoms with E-state index in [1.807, 2.05) is 18.2 Å². The zero-order valence-electron chi connectivity index (χ0n) is 12.3. The maximum Gasteiger partial charge on any atom is 0.223 e. The predicted molar refractivity (Wildman–Crippen MR) is 83.3 cm³/mol. The quantitative estimate of drug-likeness (QED) is 0.713. The van der Waals surface area contributed by atoms with E-state index in [0.29, 0.717) is 26.1 Å². The molecule has 5 heteroatoms. The minimum absolute atomic E-state index is 0.153. The van der Waals surface area contributed by atoms with Crippen LogP contribution < -0.4 is 0 Å². The van der Waals surface area contributed by atoms with Crippen LogP contribution in [0.15, 0.2) is 40.3 Å². The third-order valence-corrected chi connectivity index (χ3v) is 4.17. The maximum atomic E-state index is 12.3. The van der Waals surface area contributed by atoms with Crippen LogP contribution in [0.5, 0.6) is 0 Å². The molecule has 2 rings (SSSR count). The zero-order chi connectivity index (χ0) is 14.9. The van der Waals surface area contributed by atoms with Crippen LogP contribution in [0.3, 0.4) is 0 Å². The molecule has 0 spiro atoms. The fourth-order valence-corrected chi connectivity index (χ4v) is 2.86. The van der Waals surface area contributed by atoms with Crippen LogP contribution in [0.2, 0.25) is 0 Å². The van der Waals surface area contributed by atoms with E-state index in [1.54, 1.807) is 29.6 Å². The standard InChI is InChI=1S/C16H21NO3S/c1-19-11-9-17(13-14-5-3-10-20-14)16(18)8-2-6-15-7-4-12-21-15/h3-5,7,10,12H,2,6,8-9,11,13H2,1H3. The van der Waals surface area contributed by atoms with Crippen LogP contribution in [0.4, 0.5) is 0 Å². The molecule has 0 atom stereocenters. The Hall–Kier alpha value is -1.59. The Morgan fingerprint density at radius 1 is 1.38 bits per heavy atom. The number of rotatable bonds is 9. The first-order valence-corrected chi connectivity index (χ1v) is 7.99. The number of hydrogen-bond donors (Lipinski definition) is 0. The smallest absolute Gasteiger partial charge is 0.223 e. The Morgan fingerprint density at radius 3 is 2.95 bits per heavy atom. The highest BCUT2D eigenvalue weighted by Gasteiger charge is 2.14. The van der Waals surface area contributed by atoms with Crippen LogP contribution in [0.25, 0.3) is 0 Å². The molecule has 2 aromatic rings. The molecule has 0 radical (unpaired) electrons. The predicted octanol–water partition coefficient (Wildman–Crippen LogP) is 3.34. The van der Waals surface area contributed by atoms with Gasteiger partial charge in [0.1, 0.15) is 5.76 Å². The summed E-state index contributed by atoms with van der Waals surface area (Å²) in [6.07, 6.45) is 4.02. The van der Waals surface area contributed by atoms with Gasteiger partial charge in [0.25, 0.3) is 0 Å². The summed E-state index contributed by atoms with van der Waals surface area (Å²) in [5.74, 6) is 0.956. The summed E-state index contributed by atoms with van der Waals surface area (Å²) in [5, 5.41) is 2.07. The number of aryl methyl sites for hydroxylation is 1. The Balaban J connectivity index is 1.81. The van der Waals surface area contributed by atoms with Gasteiger partial charge < -0.3 is 14.1 Å². The number of nitrogens with zero attached hydrogens (tertiary/aromatic N) is 1. The number of furan rings is 1. The molecule has 0 fully saturated rings. The van der Waals surface area contributed by atoms with Crippen molar-refractivity contribution in [1.29, 1.82) is 0 Å². The lowest BCUT2D eigenvalue weighted by molar-refractivity contribution is -0.132. The van der Waals surface area contributed by atoms with Gasteiger partial charge in [-0.2, -0.15) is 0 Å². The van der Waals surface area contributed by atoms with E-state index in [1.165, 1.54) is 4.88 Å². The van der Waals surface area contributed by atoms with E-state index in [4.69, 9.17) is 9.15 Å². The van der Waals surface area contributed by atoms with Gasteiger partial charge in [-0.15, -0.1) is 11.3 Å². The second-order valence-electron chi connectivity index (χ2n) is 4.82. The van der Waals surface area contributed by atoms with Crippen molar-refractivity contribution in [3.8, 4) is 0 Å². The van der Waals surface area contributed by atoms with Gasteiger partial charge in [-0.05, 0) is 36.4 Å². The van der Waals surface area contributed by atoms with Gasteiger partial charge in [-0.25, -0.2) is 0 Å². The first kappa shape index (κ1) is 15.8. The zero-order valence-corrected chi connectivity index (χ0v) is 13.1. The first-order chi connectivity index (χ1) is 10.3. The third-order valence-electron chi connectivity index (χ3n) is 3.24. The second kappa shape index (κ2) is 8.64. The molecule has 2 aromatic heterocycles. The molecule has 1 amide bonds. The van der Waals surface area contributed by atoms with Crippen LogP contribution in [-0.4, -0.2) is 31.1 Å². The van der Waals surface area contributed by atoms with Crippen LogP contribution in [-0.2, 0) is 22.5 Å². The average Bonchev–Trinajstić information content (AvgIpc) is 3.16. The molecule has 0 saturated heterocycles. The monoisotopic (exact) mass is 307 g/mol. The lowest BCUT2D eigenvalue weighted by atomic mass is 10.2. The Labute approximate surface area is 129 Å². The number of hydrogen-bond acceptors (Lipinski definition) is 4. The van der Waals surface area contributed by atoms with Crippen molar-refractivity contribution in [2.45, 2.75) is 25.8 Å². The van der Waals surface area contributed by atoms with Crippen LogP contribution >= 0.6 is 11.3 Å². The molecule has 0 aromatic carbocycles. The number of ether oxygens (including phenoxy) is 1. The third kappa shape index (κ3) is 5.36. The molecular formula is C16H21NO3S. The summed E-state index contributed by atoms with van der Waals surface area (Å²) in [6, 6.07) is 7.88. The summed E-state index contributed by atoms with van der Waals surface area (Å²) in [6.45, 7) is 1.64. The molecular weight excluding hydrogens is 286 g/mol. The number of methoxy groups -OCH3 is 1. The number of carbonyl (C=O) groups is 1. The van der Waals surface area contributed by atoms with Crippen molar-refractivity contribution in [1.82, 2.24) is 4.90 Å². The van der Waals surface area contributed by atoms with Gasteiger partial charge in [0.15, 0.2) is 0 Å². The van der Waals surface area contributed by atoms with E-state index in [0.717, 1.165) is 18.6 Å². The number of carbonyl (C=O) groups excluding carboxylic acids is 1. The van der Waals surface area contributed by atoms with E-state index in [2.05, 4.69) is 11.4 Å². The second-order valence-corrected chi connectivity index (χ2v) is 5.85. The van der Waals surface area contributed by atoms with Crippen LogP contribution in [0.1, 0.15) is 23.5 Å². The summed E-state index contributed by atoms with van der Waals surface area (Å²) >= 11 is 1.74. The minimum Gasteiger partial charge on any atom is -0.467 e. The Kier molecular flexibility index (Phi) is 6.50. The number of thiophene rings is 1. The van der Waals surface area contributed by atoms with Gasteiger partial charge in [-0.3, -0.25) is 4.79 Å². The van der Waals surface area contributed by atoms with Gasteiger partial charge in [0.05, 0.1) is 19.4 Å². The maximum absolute atomic E-state index is 12.3.